The monoisotopic (exact) mass is 362 g/mol. The zero-order valence-corrected chi connectivity index (χ0v) is 13.1. The molecule has 0 bridgehead atoms. The second-order valence-corrected chi connectivity index (χ2v) is 5.80. The SMILES string of the molecule is Nc1c(Nc2nccs2)ncnc1Nc1ccccc1Br. The van der Waals surface area contributed by atoms with Gasteiger partial charge in [0.05, 0.1) is 5.69 Å². The highest BCUT2D eigenvalue weighted by Gasteiger charge is 2.10. The van der Waals surface area contributed by atoms with Crippen LogP contribution in [0, 0.1) is 0 Å². The molecule has 0 fully saturated rings. The van der Waals surface area contributed by atoms with Crippen LogP contribution >= 0.6 is 27.3 Å². The highest BCUT2D eigenvalue weighted by molar-refractivity contribution is 9.10. The fraction of sp³-hybridized carbons (Fsp3) is 0. The van der Waals surface area contributed by atoms with E-state index in [1.807, 2.05) is 29.6 Å². The molecule has 8 heteroatoms. The Morgan fingerprint density at radius 1 is 1.05 bits per heavy atom. The van der Waals surface area contributed by atoms with Crippen molar-refractivity contribution >= 4 is 55.4 Å². The second kappa shape index (κ2) is 6.06. The van der Waals surface area contributed by atoms with E-state index in [2.05, 4.69) is 41.5 Å². The highest BCUT2D eigenvalue weighted by Crippen LogP contribution is 2.31. The van der Waals surface area contributed by atoms with Gasteiger partial charge in [0.1, 0.15) is 12.0 Å². The van der Waals surface area contributed by atoms with Crippen molar-refractivity contribution in [1.82, 2.24) is 15.0 Å². The normalized spacial score (nSPS) is 10.3. The molecule has 0 amide bonds. The second-order valence-electron chi connectivity index (χ2n) is 4.05. The number of thiazole rings is 1. The molecule has 4 N–H and O–H groups in total. The fourth-order valence-corrected chi connectivity index (χ4v) is 2.58. The molecule has 0 unspecified atom stereocenters. The van der Waals surface area contributed by atoms with E-state index in [0.29, 0.717) is 17.3 Å². The van der Waals surface area contributed by atoms with Gasteiger partial charge in [0, 0.05) is 16.0 Å². The van der Waals surface area contributed by atoms with Crippen LogP contribution in [0.2, 0.25) is 0 Å². The molecule has 0 radical (unpaired) electrons. The van der Waals surface area contributed by atoms with E-state index in [1.165, 1.54) is 17.7 Å². The molecule has 0 aliphatic rings. The molecule has 2 aromatic heterocycles. The molecular weight excluding hydrogens is 352 g/mol. The minimum absolute atomic E-state index is 0.434. The van der Waals surface area contributed by atoms with E-state index in [9.17, 15) is 0 Å². The summed E-state index contributed by atoms with van der Waals surface area (Å²) >= 11 is 4.95. The number of halogens is 1. The van der Waals surface area contributed by atoms with Gasteiger partial charge in [-0.15, -0.1) is 11.3 Å². The number of nitrogens with zero attached hydrogens (tertiary/aromatic N) is 3. The summed E-state index contributed by atoms with van der Waals surface area (Å²) in [6.45, 7) is 0. The Balaban J connectivity index is 1.88. The lowest BCUT2D eigenvalue weighted by molar-refractivity contribution is 1.17. The summed E-state index contributed by atoms with van der Waals surface area (Å²) in [7, 11) is 0. The van der Waals surface area contributed by atoms with Crippen LogP contribution in [0.5, 0.6) is 0 Å². The van der Waals surface area contributed by atoms with Crippen molar-refractivity contribution in [3.05, 3.63) is 46.6 Å². The minimum Gasteiger partial charge on any atom is -0.393 e. The summed E-state index contributed by atoms with van der Waals surface area (Å²) in [5.74, 6) is 1.06. The first-order chi connectivity index (χ1) is 10.2. The van der Waals surface area contributed by atoms with Crippen LogP contribution in [0.3, 0.4) is 0 Å². The molecule has 3 aromatic rings. The first-order valence-corrected chi connectivity index (χ1v) is 7.70. The Bertz CT molecular complexity index is 746. The molecule has 0 atom stereocenters. The van der Waals surface area contributed by atoms with Gasteiger partial charge in [-0.3, -0.25) is 0 Å². The van der Waals surface area contributed by atoms with E-state index >= 15 is 0 Å². The maximum Gasteiger partial charge on any atom is 0.188 e. The minimum atomic E-state index is 0.434. The van der Waals surface area contributed by atoms with Crippen LogP contribution < -0.4 is 16.4 Å². The predicted molar refractivity (Wildman–Crippen MR) is 89.3 cm³/mol. The first-order valence-electron chi connectivity index (χ1n) is 6.02. The predicted octanol–water partition coefficient (Wildman–Crippen LogP) is 3.77. The van der Waals surface area contributed by atoms with Crippen molar-refractivity contribution in [2.75, 3.05) is 16.4 Å². The van der Waals surface area contributed by atoms with E-state index in [-0.39, 0.29) is 0 Å². The van der Waals surface area contributed by atoms with Crippen molar-refractivity contribution in [2.24, 2.45) is 0 Å². The molecule has 21 heavy (non-hydrogen) atoms. The number of benzene rings is 1. The maximum atomic E-state index is 6.11. The van der Waals surface area contributed by atoms with Crippen molar-refractivity contribution in [3.8, 4) is 0 Å². The number of rotatable bonds is 4. The van der Waals surface area contributed by atoms with Gasteiger partial charge in [0.15, 0.2) is 16.8 Å². The summed E-state index contributed by atoms with van der Waals surface area (Å²) in [4.78, 5) is 12.5. The highest BCUT2D eigenvalue weighted by atomic mass is 79.9. The Morgan fingerprint density at radius 3 is 2.52 bits per heavy atom. The van der Waals surface area contributed by atoms with Gasteiger partial charge in [0.25, 0.3) is 0 Å². The lowest BCUT2D eigenvalue weighted by Gasteiger charge is -2.12. The van der Waals surface area contributed by atoms with Gasteiger partial charge < -0.3 is 16.4 Å². The molecular formula is C13H11BrN6S. The van der Waals surface area contributed by atoms with Gasteiger partial charge in [-0.1, -0.05) is 12.1 Å². The standard InChI is InChI=1S/C13H11BrN6S/c14-8-3-1-2-4-9(8)19-11-10(15)12(18-7-17-11)20-13-16-5-6-21-13/h1-7H,15H2,(H2,16,17,18,19,20). The Labute approximate surface area is 133 Å². The number of nitrogens with two attached hydrogens (primary N) is 1. The molecule has 1 aromatic carbocycles. The fourth-order valence-electron chi connectivity index (χ4n) is 1.67. The smallest absolute Gasteiger partial charge is 0.188 e. The van der Waals surface area contributed by atoms with Crippen LogP contribution in [-0.2, 0) is 0 Å². The quantitative estimate of drug-likeness (QED) is 0.654. The number of hydrogen-bond acceptors (Lipinski definition) is 7. The van der Waals surface area contributed by atoms with Crippen molar-refractivity contribution < 1.29 is 0 Å². The Morgan fingerprint density at radius 2 is 1.81 bits per heavy atom. The maximum absolute atomic E-state index is 6.11. The van der Waals surface area contributed by atoms with Crippen LogP contribution in [0.15, 0.2) is 46.6 Å². The molecule has 0 saturated carbocycles. The number of nitrogen functional groups attached to an aromatic ring is 1. The molecule has 2 heterocycles. The van der Waals surface area contributed by atoms with E-state index in [4.69, 9.17) is 5.73 Å². The molecule has 6 nitrogen and oxygen atoms in total. The van der Waals surface area contributed by atoms with Gasteiger partial charge in [0.2, 0.25) is 0 Å². The van der Waals surface area contributed by atoms with Crippen molar-refractivity contribution in [1.29, 1.82) is 0 Å². The van der Waals surface area contributed by atoms with Crippen molar-refractivity contribution in [2.45, 2.75) is 0 Å². The number of anilines is 5. The van der Waals surface area contributed by atoms with Gasteiger partial charge in [-0.05, 0) is 28.1 Å². The van der Waals surface area contributed by atoms with Crippen molar-refractivity contribution in [3.63, 3.8) is 0 Å². The van der Waals surface area contributed by atoms with Crippen LogP contribution in [0.25, 0.3) is 0 Å². The van der Waals surface area contributed by atoms with E-state index in [0.717, 1.165) is 15.3 Å². The van der Waals surface area contributed by atoms with Gasteiger partial charge >= 0.3 is 0 Å². The molecule has 0 aliphatic carbocycles. The lowest BCUT2D eigenvalue weighted by atomic mass is 10.3. The summed E-state index contributed by atoms with van der Waals surface area (Å²) in [6.07, 6.45) is 3.16. The number of para-hydroxylation sites is 1. The first kappa shape index (κ1) is 13.8. The third kappa shape index (κ3) is 3.11. The zero-order chi connectivity index (χ0) is 14.7. The summed E-state index contributed by atoms with van der Waals surface area (Å²) in [5.41, 5.74) is 7.42. The average molecular weight is 363 g/mol. The molecule has 3 rings (SSSR count). The van der Waals surface area contributed by atoms with E-state index < -0.39 is 0 Å². The van der Waals surface area contributed by atoms with Crippen LogP contribution in [-0.4, -0.2) is 15.0 Å². The van der Waals surface area contributed by atoms with Gasteiger partial charge in [-0.2, -0.15) is 0 Å². The summed E-state index contributed by atoms with van der Waals surface area (Å²) in [6, 6.07) is 7.74. The molecule has 106 valence electrons. The Hall–Kier alpha value is -2.19. The number of aromatic nitrogens is 3. The summed E-state index contributed by atoms with van der Waals surface area (Å²) in [5, 5.41) is 8.86. The topological polar surface area (TPSA) is 88.8 Å². The number of hydrogen-bond donors (Lipinski definition) is 3. The van der Waals surface area contributed by atoms with Crippen LogP contribution in [0.4, 0.5) is 28.1 Å². The zero-order valence-electron chi connectivity index (χ0n) is 10.7. The van der Waals surface area contributed by atoms with Crippen LogP contribution in [0.1, 0.15) is 0 Å². The Kier molecular flexibility index (Phi) is 3.98. The number of nitrogens with one attached hydrogen (secondary N) is 2. The largest absolute Gasteiger partial charge is 0.393 e. The summed E-state index contributed by atoms with van der Waals surface area (Å²) < 4.78 is 0.928. The molecule has 0 saturated heterocycles. The molecule has 0 spiro atoms. The lowest BCUT2D eigenvalue weighted by Crippen LogP contribution is -2.05. The van der Waals surface area contributed by atoms with Gasteiger partial charge in [-0.25, -0.2) is 15.0 Å². The third-order valence-corrected chi connectivity index (χ3v) is 4.05. The van der Waals surface area contributed by atoms with E-state index in [1.54, 1.807) is 6.20 Å². The average Bonchev–Trinajstić information content (AvgIpc) is 2.98. The molecule has 0 aliphatic heterocycles. The third-order valence-electron chi connectivity index (χ3n) is 2.67.